The molecule has 1 aromatic carbocycles. The van der Waals surface area contributed by atoms with E-state index in [-0.39, 0.29) is 0 Å². The zero-order valence-electron chi connectivity index (χ0n) is 9.28. The van der Waals surface area contributed by atoms with E-state index in [4.69, 9.17) is 11.6 Å². The molecule has 0 aliphatic rings. The molecule has 1 unspecified atom stereocenters. The second-order valence-corrected chi connectivity index (χ2v) is 6.36. The van der Waals surface area contributed by atoms with Crippen LogP contribution in [0.4, 0.5) is 0 Å². The standard InChI is InChI=1S/C13H12BrClOS/c1-8-2-9(4-11(15)3-8)13(16)6-12-5-10(14)7-17-12/h2-5,7,13,16H,6H2,1H3. The summed E-state index contributed by atoms with van der Waals surface area (Å²) >= 11 is 11.0. The van der Waals surface area contributed by atoms with E-state index in [9.17, 15) is 5.11 Å². The van der Waals surface area contributed by atoms with Gasteiger partial charge in [0.15, 0.2) is 0 Å². The highest BCUT2D eigenvalue weighted by Gasteiger charge is 2.11. The number of aliphatic hydroxyl groups excluding tert-OH is 1. The van der Waals surface area contributed by atoms with Gasteiger partial charge in [-0.1, -0.05) is 17.7 Å². The number of hydrogen-bond acceptors (Lipinski definition) is 2. The Morgan fingerprint density at radius 2 is 2.12 bits per heavy atom. The molecule has 0 fully saturated rings. The molecule has 0 amide bonds. The van der Waals surface area contributed by atoms with Crippen molar-refractivity contribution in [1.82, 2.24) is 0 Å². The first-order chi connectivity index (χ1) is 8.04. The maximum atomic E-state index is 10.2. The minimum absolute atomic E-state index is 0.502. The first kappa shape index (κ1) is 13.1. The Balaban J connectivity index is 2.16. The van der Waals surface area contributed by atoms with Crippen LogP contribution in [-0.2, 0) is 6.42 Å². The van der Waals surface area contributed by atoms with Gasteiger partial charge in [0.05, 0.1) is 6.10 Å². The molecule has 0 aliphatic carbocycles. The van der Waals surface area contributed by atoms with Crippen LogP contribution in [0.1, 0.15) is 22.1 Å². The monoisotopic (exact) mass is 330 g/mol. The summed E-state index contributed by atoms with van der Waals surface area (Å²) in [5.41, 5.74) is 1.94. The normalized spacial score (nSPS) is 12.7. The maximum absolute atomic E-state index is 10.2. The van der Waals surface area contributed by atoms with Gasteiger partial charge >= 0.3 is 0 Å². The second-order valence-electron chi connectivity index (χ2n) is 4.01. The molecule has 4 heteroatoms. The van der Waals surface area contributed by atoms with Gasteiger partial charge in [-0.15, -0.1) is 11.3 Å². The van der Waals surface area contributed by atoms with E-state index < -0.39 is 6.10 Å². The van der Waals surface area contributed by atoms with Crippen molar-refractivity contribution in [2.75, 3.05) is 0 Å². The predicted octanol–water partition coefficient (Wildman–Crippen LogP) is 4.75. The minimum Gasteiger partial charge on any atom is -0.388 e. The summed E-state index contributed by atoms with van der Waals surface area (Å²) in [6.07, 6.45) is 0.119. The lowest BCUT2D eigenvalue weighted by atomic mass is 10.0. The molecule has 2 aromatic rings. The Morgan fingerprint density at radius 1 is 1.35 bits per heavy atom. The fourth-order valence-electron chi connectivity index (χ4n) is 1.73. The highest BCUT2D eigenvalue weighted by molar-refractivity contribution is 9.10. The van der Waals surface area contributed by atoms with Crippen LogP contribution in [0.3, 0.4) is 0 Å². The number of aryl methyl sites for hydroxylation is 1. The average molecular weight is 332 g/mol. The SMILES string of the molecule is Cc1cc(Cl)cc(C(O)Cc2cc(Br)cs2)c1. The van der Waals surface area contributed by atoms with Crippen LogP contribution in [0.15, 0.2) is 34.1 Å². The molecule has 90 valence electrons. The van der Waals surface area contributed by atoms with E-state index in [1.807, 2.05) is 36.6 Å². The lowest BCUT2D eigenvalue weighted by molar-refractivity contribution is 0.179. The second kappa shape index (κ2) is 5.53. The maximum Gasteiger partial charge on any atom is 0.0838 e. The first-order valence-electron chi connectivity index (χ1n) is 5.22. The number of benzene rings is 1. The van der Waals surface area contributed by atoms with Crippen molar-refractivity contribution in [2.45, 2.75) is 19.4 Å². The highest BCUT2D eigenvalue weighted by Crippen LogP contribution is 2.27. The molecule has 1 heterocycles. The van der Waals surface area contributed by atoms with Crippen LogP contribution >= 0.6 is 38.9 Å². The number of thiophene rings is 1. The Morgan fingerprint density at radius 3 is 2.71 bits per heavy atom. The third-order valence-corrected chi connectivity index (χ3v) is 4.40. The molecule has 0 radical (unpaired) electrons. The number of aliphatic hydroxyl groups is 1. The van der Waals surface area contributed by atoms with E-state index in [2.05, 4.69) is 15.9 Å². The number of hydrogen-bond donors (Lipinski definition) is 1. The van der Waals surface area contributed by atoms with E-state index in [1.165, 1.54) is 0 Å². The molecular formula is C13H12BrClOS. The van der Waals surface area contributed by atoms with Crippen LogP contribution in [0.5, 0.6) is 0 Å². The van der Waals surface area contributed by atoms with Gasteiger partial charge < -0.3 is 5.11 Å². The summed E-state index contributed by atoms with van der Waals surface area (Å²) in [6.45, 7) is 1.98. The van der Waals surface area contributed by atoms with E-state index in [0.29, 0.717) is 11.4 Å². The van der Waals surface area contributed by atoms with Crippen LogP contribution in [-0.4, -0.2) is 5.11 Å². The molecule has 1 aromatic heterocycles. The molecule has 1 nitrogen and oxygen atoms in total. The van der Waals surface area contributed by atoms with E-state index >= 15 is 0 Å². The quantitative estimate of drug-likeness (QED) is 0.860. The summed E-state index contributed by atoms with van der Waals surface area (Å²) in [5.74, 6) is 0. The van der Waals surface area contributed by atoms with Crippen molar-refractivity contribution < 1.29 is 5.11 Å². The van der Waals surface area contributed by atoms with Crippen molar-refractivity contribution >= 4 is 38.9 Å². The largest absolute Gasteiger partial charge is 0.388 e. The molecule has 17 heavy (non-hydrogen) atoms. The third kappa shape index (κ3) is 3.55. The lowest BCUT2D eigenvalue weighted by Crippen LogP contribution is -2.00. The molecule has 2 rings (SSSR count). The fourth-order valence-corrected chi connectivity index (χ4v) is 3.51. The Labute approximate surface area is 118 Å². The van der Waals surface area contributed by atoms with Crippen LogP contribution in [0.25, 0.3) is 0 Å². The summed E-state index contributed by atoms with van der Waals surface area (Å²) < 4.78 is 1.06. The summed E-state index contributed by atoms with van der Waals surface area (Å²) in [4.78, 5) is 1.15. The van der Waals surface area contributed by atoms with Crippen LogP contribution in [0, 0.1) is 6.92 Å². The van der Waals surface area contributed by atoms with Gasteiger partial charge in [-0.2, -0.15) is 0 Å². The van der Waals surface area contributed by atoms with Crippen molar-refractivity contribution in [3.8, 4) is 0 Å². The topological polar surface area (TPSA) is 20.2 Å². The van der Waals surface area contributed by atoms with Gasteiger partial charge in [0.1, 0.15) is 0 Å². The van der Waals surface area contributed by atoms with Crippen molar-refractivity contribution in [3.63, 3.8) is 0 Å². The highest BCUT2D eigenvalue weighted by atomic mass is 79.9. The zero-order chi connectivity index (χ0) is 12.4. The Hall–Kier alpha value is -0.350. The van der Waals surface area contributed by atoms with Crippen molar-refractivity contribution in [1.29, 1.82) is 0 Å². The summed E-state index contributed by atoms with van der Waals surface area (Å²) in [5, 5.41) is 12.9. The van der Waals surface area contributed by atoms with E-state index in [1.54, 1.807) is 11.3 Å². The molecule has 0 bridgehead atoms. The molecule has 0 spiro atoms. The molecule has 1 atom stereocenters. The molecule has 0 aliphatic heterocycles. The van der Waals surface area contributed by atoms with Gasteiger partial charge in [-0.05, 0) is 52.2 Å². The average Bonchev–Trinajstić information content (AvgIpc) is 2.62. The molecule has 1 N–H and O–H groups in total. The summed E-state index contributed by atoms with van der Waals surface area (Å²) in [7, 11) is 0. The van der Waals surface area contributed by atoms with Crippen molar-refractivity contribution in [2.24, 2.45) is 0 Å². The van der Waals surface area contributed by atoms with E-state index in [0.717, 1.165) is 20.5 Å². The van der Waals surface area contributed by atoms with Crippen LogP contribution in [0.2, 0.25) is 5.02 Å². The number of rotatable bonds is 3. The summed E-state index contributed by atoms with van der Waals surface area (Å²) in [6, 6.07) is 7.71. The molecule has 0 saturated carbocycles. The lowest BCUT2D eigenvalue weighted by Gasteiger charge is -2.11. The predicted molar refractivity (Wildman–Crippen MR) is 76.9 cm³/mol. The smallest absolute Gasteiger partial charge is 0.0838 e. The van der Waals surface area contributed by atoms with Gasteiger partial charge in [-0.3, -0.25) is 0 Å². The third-order valence-electron chi connectivity index (χ3n) is 2.47. The Bertz CT molecular complexity index is 504. The minimum atomic E-state index is -0.502. The fraction of sp³-hybridized carbons (Fsp3) is 0.231. The number of halogens is 2. The molecular weight excluding hydrogens is 320 g/mol. The zero-order valence-corrected chi connectivity index (χ0v) is 12.4. The van der Waals surface area contributed by atoms with Crippen molar-refractivity contribution in [3.05, 3.63) is 55.1 Å². The van der Waals surface area contributed by atoms with Gasteiger partial charge in [-0.25, -0.2) is 0 Å². The van der Waals surface area contributed by atoms with Gasteiger partial charge in [0.25, 0.3) is 0 Å². The molecule has 0 saturated heterocycles. The first-order valence-corrected chi connectivity index (χ1v) is 7.28. The van der Waals surface area contributed by atoms with Crippen LogP contribution < -0.4 is 0 Å². The van der Waals surface area contributed by atoms with Gasteiger partial charge in [0, 0.05) is 26.2 Å². The Kier molecular flexibility index (Phi) is 4.26. The van der Waals surface area contributed by atoms with Gasteiger partial charge in [0.2, 0.25) is 0 Å².